The van der Waals surface area contributed by atoms with E-state index in [1.54, 1.807) is 4.90 Å². The summed E-state index contributed by atoms with van der Waals surface area (Å²) >= 11 is 0. The topological polar surface area (TPSA) is 305 Å². The summed E-state index contributed by atoms with van der Waals surface area (Å²) in [5, 5.41) is 44.6. The molecule has 296 valence electrons. The fourth-order valence-electron chi connectivity index (χ4n) is 4.75. The molecule has 0 bridgehead atoms. The maximum Gasteiger partial charge on any atom is 0.293 e. The van der Waals surface area contributed by atoms with E-state index in [0.717, 1.165) is 13.7 Å². The number of aryl methyl sites for hydroxylation is 3. The third-order valence-corrected chi connectivity index (χ3v) is 7.94. The molecule has 0 aromatic carbocycles. The Morgan fingerprint density at radius 1 is 0.491 bits per heavy atom. The van der Waals surface area contributed by atoms with Crippen molar-refractivity contribution in [1.29, 1.82) is 0 Å². The van der Waals surface area contributed by atoms with Gasteiger partial charge < -0.3 is 60.9 Å². The highest BCUT2D eigenvalue weighted by atomic mass is 16.3. The highest BCUT2D eigenvalue weighted by Gasteiger charge is 2.19. The Balaban J connectivity index is 1.50. The minimum atomic E-state index is -0.847. The lowest BCUT2D eigenvalue weighted by Gasteiger charge is -2.23. The van der Waals surface area contributed by atoms with Gasteiger partial charge >= 0.3 is 0 Å². The van der Waals surface area contributed by atoms with Crippen molar-refractivity contribution < 1.29 is 44.1 Å². The van der Waals surface area contributed by atoms with Crippen molar-refractivity contribution in [3.05, 3.63) is 84.5 Å². The van der Waals surface area contributed by atoms with Gasteiger partial charge in [0, 0.05) is 79.0 Å². The third-order valence-electron chi connectivity index (χ3n) is 7.94. The highest BCUT2D eigenvalue weighted by molar-refractivity contribution is 5.99. The molecule has 22 heteroatoms. The SMILES string of the molecule is Cn1ccc(C(=O)NCC(=O)NCCN(CCNC(=O)CNC(=O)c2ccn(C)c(=O)c2O)CCNC(=O)CNC(=O)c2ccn(C)c(=O)c2O)c(O)c1=O. The molecule has 3 heterocycles. The lowest BCUT2D eigenvalue weighted by Crippen LogP contribution is -2.46. The molecular weight excluding hydrogens is 728 g/mol. The first kappa shape index (κ1) is 42.4. The van der Waals surface area contributed by atoms with Crippen LogP contribution in [-0.2, 0) is 35.5 Å². The number of hydrogen-bond acceptors (Lipinski definition) is 13. The number of nitrogens with zero attached hydrogens (tertiary/aromatic N) is 4. The summed E-state index contributed by atoms with van der Waals surface area (Å²) in [6.07, 6.45) is 3.85. The number of carbonyl (C=O) groups is 6. The van der Waals surface area contributed by atoms with Crippen LogP contribution in [0.2, 0.25) is 0 Å². The summed E-state index contributed by atoms with van der Waals surface area (Å²) < 4.78 is 3.22. The van der Waals surface area contributed by atoms with Gasteiger partial charge in [-0.05, 0) is 18.2 Å². The number of rotatable bonds is 18. The summed E-state index contributed by atoms with van der Waals surface area (Å²) in [5.74, 6) is -6.66. The molecule has 0 atom stereocenters. The minimum absolute atomic E-state index is 0.0416. The van der Waals surface area contributed by atoms with Gasteiger partial charge in [0.05, 0.1) is 36.3 Å². The normalized spacial score (nSPS) is 10.7. The average molecular weight is 771 g/mol. The lowest BCUT2D eigenvalue weighted by molar-refractivity contribution is -0.120. The van der Waals surface area contributed by atoms with E-state index in [4.69, 9.17) is 0 Å². The molecule has 0 fully saturated rings. The Kier molecular flexibility index (Phi) is 15.2. The molecule has 55 heavy (non-hydrogen) atoms. The Morgan fingerprint density at radius 2 is 0.745 bits per heavy atom. The molecule has 9 N–H and O–H groups in total. The molecule has 0 aliphatic heterocycles. The molecular formula is C33H42N10O12. The number of aromatic nitrogens is 3. The van der Waals surface area contributed by atoms with E-state index in [9.17, 15) is 58.5 Å². The third kappa shape index (κ3) is 12.0. The van der Waals surface area contributed by atoms with Gasteiger partial charge in [-0.25, -0.2) is 0 Å². The molecule has 22 nitrogen and oxygen atoms in total. The van der Waals surface area contributed by atoms with Crippen LogP contribution in [0.5, 0.6) is 17.2 Å². The standard InChI is InChI=1S/C33H42N10O12/c1-40-10-4-19(25(47)31(40)53)28(50)37-16-22(44)34-7-13-43(14-8-35-23(45)17-38-29(51)20-5-11-41(2)32(54)26(20)48)15-9-36-24(46)18-39-30(52)21-6-12-42(3)33(55)27(21)49/h4-6,10-12,47-49H,7-9,13-18H2,1-3H3,(H,34,44)(H,35,45)(H,36,46)(H,37,50)(H,38,51)(H,39,52). The van der Waals surface area contributed by atoms with Gasteiger partial charge in [0.1, 0.15) is 0 Å². The van der Waals surface area contributed by atoms with Gasteiger partial charge in [0.15, 0.2) is 17.2 Å². The predicted molar refractivity (Wildman–Crippen MR) is 193 cm³/mol. The molecule has 0 radical (unpaired) electrons. The van der Waals surface area contributed by atoms with Crippen LogP contribution in [0, 0.1) is 0 Å². The first-order chi connectivity index (χ1) is 26.0. The first-order valence-electron chi connectivity index (χ1n) is 16.5. The van der Waals surface area contributed by atoms with E-state index in [2.05, 4.69) is 31.9 Å². The van der Waals surface area contributed by atoms with Crippen LogP contribution in [0.3, 0.4) is 0 Å². The summed E-state index contributed by atoms with van der Waals surface area (Å²) in [7, 11) is 4.16. The van der Waals surface area contributed by atoms with Crippen LogP contribution in [-0.4, -0.2) is 128 Å². The quantitative estimate of drug-likeness (QED) is 0.0587. The second kappa shape index (κ2) is 19.8. The number of aromatic hydroxyl groups is 3. The van der Waals surface area contributed by atoms with Gasteiger partial charge in [0.25, 0.3) is 34.4 Å². The summed E-state index contributed by atoms with van der Waals surface area (Å²) in [5.41, 5.74) is -3.30. The van der Waals surface area contributed by atoms with Crippen LogP contribution in [0.15, 0.2) is 51.2 Å². The minimum Gasteiger partial charge on any atom is -0.502 e. The Labute approximate surface area is 311 Å². The van der Waals surface area contributed by atoms with Crippen LogP contribution in [0.4, 0.5) is 0 Å². The number of pyridine rings is 3. The largest absolute Gasteiger partial charge is 0.502 e. The summed E-state index contributed by atoms with van der Waals surface area (Å²) in [6, 6.07) is 3.66. The zero-order chi connectivity index (χ0) is 40.8. The van der Waals surface area contributed by atoms with Crippen LogP contribution in [0.1, 0.15) is 31.1 Å². The number of amides is 6. The van der Waals surface area contributed by atoms with Gasteiger partial charge in [-0.15, -0.1) is 0 Å². The van der Waals surface area contributed by atoms with E-state index >= 15 is 0 Å². The van der Waals surface area contributed by atoms with Crippen LogP contribution < -0.4 is 48.6 Å². The maximum atomic E-state index is 12.4. The van der Waals surface area contributed by atoms with Crippen molar-refractivity contribution in [1.82, 2.24) is 50.5 Å². The smallest absolute Gasteiger partial charge is 0.293 e. The van der Waals surface area contributed by atoms with Crippen molar-refractivity contribution >= 4 is 35.4 Å². The van der Waals surface area contributed by atoms with Crippen molar-refractivity contribution in [3.8, 4) is 17.2 Å². The average Bonchev–Trinajstić information content (AvgIpc) is 3.15. The molecule has 0 spiro atoms. The molecule has 0 unspecified atom stereocenters. The van der Waals surface area contributed by atoms with Crippen molar-refractivity contribution in [3.63, 3.8) is 0 Å². The zero-order valence-electron chi connectivity index (χ0n) is 30.1. The second-order valence-corrected chi connectivity index (χ2v) is 11.9. The van der Waals surface area contributed by atoms with Crippen LogP contribution >= 0.6 is 0 Å². The van der Waals surface area contributed by atoms with E-state index < -0.39 is 89.0 Å². The van der Waals surface area contributed by atoms with E-state index in [1.165, 1.54) is 57.9 Å². The van der Waals surface area contributed by atoms with E-state index in [0.29, 0.717) is 0 Å². The zero-order valence-corrected chi connectivity index (χ0v) is 30.1. The fourth-order valence-corrected chi connectivity index (χ4v) is 4.75. The summed E-state index contributed by atoms with van der Waals surface area (Å²) in [6.45, 7) is -0.790. The monoisotopic (exact) mass is 770 g/mol. The lowest BCUT2D eigenvalue weighted by atomic mass is 10.2. The Hall–Kier alpha value is -6.97. The number of carbonyl (C=O) groups excluding carboxylic acids is 6. The van der Waals surface area contributed by atoms with Crippen molar-refractivity contribution in [2.24, 2.45) is 21.1 Å². The molecule has 0 saturated carbocycles. The number of nitrogens with one attached hydrogen (secondary N) is 6. The molecule has 6 amide bonds. The van der Waals surface area contributed by atoms with E-state index in [-0.39, 0.29) is 56.0 Å². The molecule has 3 aromatic rings. The molecule has 0 aliphatic carbocycles. The Bertz CT molecular complexity index is 1890. The van der Waals surface area contributed by atoms with Crippen LogP contribution in [0.25, 0.3) is 0 Å². The molecule has 0 saturated heterocycles. The van der Waals surface area contributed by atoms with Gasteiger partial charge in [-0.3, -0.25) is 48.1 Å². The Morgan fingerprint density at radius 3 is 1.00 bits per heavy atom. The maximum absolute atomic E-state index is 12.4. The first-order valence-corrected chi connectivity index (χ1v) is 16.5. The second-order valence-electron chi connectivity index (χ2n) is 11.9. The summed E-state index contributed by atoms with van der Waals surface area (Å²) in [4.78, 5) is 112. The van der Waals surface area contributed by atoms with Gasteiger partial charge in [0.2, 0.25) is 17.7 Å². The van der Waals surface area contributed by atoms with Crippen molar-refractivity contribution in [2.75, 3.05) is 58.9 Å². The van der Waals surface area contributed by atoms with E-state index in [1.807, 2.05) is 0 Å². The number of hydrogen-bond donors (Lipinski definition) is 9. The van der Waals surface area contributed by atoms with Gasteiger partial charge in [-0.1, -0.05) is 0 Å². The molecule has 3 aromatic heterocycles. The molecule has 0 aliphatic rings. The highest BCUT2D eigenvalue weighted by Crippen LogP contribution is 2.11. The van der Waals surface area contributed by atoms with Gasteiger partial charge in [-0.2, -0.15) is 0 Å². The fraction of sp³-hybridized carbons (Fsp3) is 0.364. The predicted octanol–water partition coefficient (Wildman–Crippen LogP) is -4.86. The van der Waals surface area contributed by atoms with Crippen molar-refractivity contribution in [2.45, 2.75) is 0 Å². The molecule has 3 rings (SSSR count).